The van der Waals surface area contributed by atoms with Crippen LogP contribution in [-0.2, 0) is 0 Å². The van der Waals surface area contributed by atoms with Crippen molar-refractivity contribution < 1.29 is 14.6 Å². The van der Waals surface area contributed by atoms with Crippen LogP contribution in [-0.4, -0.2) is 51.8 Å². The first-order valence-corrected chi connectivity index (χ1v) is 13.4. The average Bonchev–Trinajstić information content (AvgIpc) is 3.59. The van der Waals surface area contributed by atoms with Crippen molar-refractivity contribution in [3.05, 3.63) is 66.0 Å². The van der Waals surface area contributed by atoms with E-state index in [1.807, 2.05) is 48.5 Å². The van der Waals surface area contributed by atoms with Gasteiger partial charge in [-0.3, -0.25) is 4.99 Å². The molecule has 0 amide bonds. The Morgan fingerprint density at radius 2 is 1.92 bits per heavy atom. The van der Waals surface area contributed by atoms with Gasteiger partial charge in [-0.1, -0.05) is 24.3 Å². The summed E-state index contributed by atoms with van der Waals surface area (Å²) in [6, 6.07) is 16.0. The Morgan fingerprint density at radius 3 is 2.63 bits per heavy atom. The van der Waals surface area contributed by atoms with Gasteiger partial charge in [-0.05, 0) is 73.4 Å². The van der Waals surface area contributed by atoms with Crippen molar-refractivity contribution in [3.8, 4) is 22.6 Å². The highest BCUT2D eigenvalue weighted by molar-refractivity contribution is 6.32. The molecule has 0 spiro atoms. The monoisotopic (exact) mass is 533 g/mol. The first-order chi connectivity index (χ1) is 18.5. The number of carboxylic acids is 1. The van der Waals surface area contributed by atoms with Gasteiger partial charge in [-0.2, -0.15) is 10.2 Å². The van der Waals surface area contributed by atoms with Crippen molar-refractivity contribution in [1.29, 1.82) is 0 Å². The Kier molecular flexibility index (Phi) is 7.79. The van der Waals surface area contributed by atoms with Gasteiger partial charge in [0.2, 0.25) is 0 Å². The quantitative estimate of drug-likeness (QED) is 0.162. The minimum absolute atomic E-state index is 0.00810. The van der Waals surface area contributed by atoms with Crippen molar-refractivity contribution in [2.24, 2.45) is 27.8 Å². The highest BCUT2D eigenvalue weighted by Gasteiger charge is 2.46. The largest absolute Gasteiger partial charge is 0.493 e. The van der Waals surface area contributed by atoms with Crippen LogP contribution in [0.25, 0.3) is 16.8 Å². The molecule has 5 rings (SSSR count). The summed E-state index contributed by atoms with van der Waals surface area (Å²) in [6.07, 6.45) is 8.09. The number of benzene rings is 2. The second kappa shape index (κ2) is 11.4. The van der Waals surface area contributed by atoms with E-state index in [9.17, 15) is 9.90 Å². The average molecular weight is 534 g/mol. The standard InChI is InChI=1S/C29H32ClN5O3/c1-32-16-27(34-31)24-14-25(24)28-26(29(36)37)15-33-35(28)22-6-2-4-19(12-22)20-5-3-7-23(13-20)38-17-18-8-10-21(30)11-9-18/h2-7,12-13,15-16,18,21,24-25H,8-11,14,17,31H2,1H3,(H,36,37)/t18?,21?,24?,25-/m0/s1. The smallest absolute Gasteiger partial charge is 0.339 e. The lowest BCUT2D eigenvalue weighted by molar-refractivity contribution is 0.0695. The predicted molar refractivity (Wildman–Crippen MR) is 150 cm³/mol. The zero-order valence-electron chi connectivity index (χ0n) is 21.3. The van der Waals surface area contributed by atoms with E-state index < -0.39 is 5.97 Å². The van der Waals surface area contributed by atoms with Gasteiger partial charge in [-0.15, -0.1) is 11.6 Å². The third-order valence-corrected chi connectivity index (χ3v) is 7.93. The van der Waals surface area contributed by atoms with Crippen LogP contribution in [0.15, 0.2) is 64.8 Å². The van der Waals surface area contributed by atoms with E-state index in [0.717, 1.165) is 54.7 Å². The van der Waals surface area contributed by atoms with Crippen LogP contribution >= 0.6 is 11.6 Å². The molecule has 1 aromatic heterocycles. The summed E-state index contributed by atoms with van der Waals surface area (Å²) in [5, 5.41) is 18.5. The summed E-state index contributed by atoms with van der Waals surface area (Å²) in [7, 11) is 1.66. The van der Waals surface area contributed by atoms with Crippen LogP contribution < -0.4 is 10.6 Å². The minimum Gasteiger partial charge on any atom is -0.493 e. The van der Waals surface area contributed by atoms with Gasteiger partial charge in [-0.25, -0.2) is 9.48 Å². The van der Waals surface area contributed by atoms with Gasteiger partial charge in [0.15, 0.2) is 0 Å². The van der Waals surface area contributed by atoms with Crippen molar-refractivity contribution in [2.45, 2.75) is 43.4 Å². The zero-order valence-corrected chi connectivity index (χ0v) is 22.1. The van der Waals surface area contributed by atoms with Crippen molar-refractivity contribution in [1.82, 2.24) is 9.78 Å². The maximum Gasteiger partial charge on any atom is 0.339 e. The number of halogens is 1. The molecule has 8 nitrogen and oxygen atoms in total. The number of hydrogen-bond donors (Lipinski definition) is 2. The summed E-state index contributed by atoms with van der Waals surface area (Å²) >= 11 is 6.24. The number of nitrogens with zero attached hydrogens (tertiary/aromatic N) is 4. The fourth-order valence-electron chi connectivity index (χ4n) is 5.35. The Labute approximate surface area is 227 Å². The fraction of sp³-hybridized carbons (Fsp3) is 0.379. The van der Waals surface area contributed by atoms with Crippen LogP contribution in [0.3, 0.4) is 0 Å². The summed E-state index contributed by atoms with van der Waals surface area (Å²) in [5.41, 5.74) is 4.28. The number of hydrogen-bond acceptors (Lipinski definition) is 6. The van der Waals surface area contributed by atoms with E-state index in [1.54, 1.807) is 17.9 Å². The molecule has 2 aliphatic carbocycles. The molecule has 0 saturated heterocycles. The SMILES string of the molecule is CN=CC(=NN)C1C[C@@H]1c1c(C(=O)O)cnn1-c1cccc(-c2cccc(OCC3CCC(Cl)CC3)c2)c1. The molecule has 3 N–H and O–H groups in total. The molecule has 2 fully saturated rings. The molecule has 0 aliphatic heterocycles. The molecule has 38 heavy (non-hydrogen) atoms. The molecule has 198 valence electrons. The molecule has 9 heteroatoms. The number of rotatable bonds is 9. The number of hydrazone groups is 1. The molecule has 0 bridgehead atoms. The number of nitrogens with two attached hydrogens (primary N) is 1. The topological polar surface area (TPSA) is 115 Å². The van der Waals surface area contributed by atoms with Gasteiger partial charge < -0.3 is 15.7 Å². The predicted octanol–water partition coefficient (Wildman–Crippen LogP) is 5.53. The molecule has 1 unspecified atom stereocenters. The number of aliphatic imine (C=N–C) groups is 1. The van der Waals surface area contributed by atoms with Gasteiger partial charge in [0.1, 0.15) is 11.3 Å². The third kappa shape index (κ3) is 5.60. The lowest BCUT2D eigenvalue weighted by Crippen LogP contribution is -2.20. The number of aromatic carboxylic acids is 1. The Balaban J connectivity index is 1.39. The second-order valence-electron chi connectivity index (χ2n) is 10.1. The van der Waals surface area contributed by atoms with E-state index in [4.69, 9.17) is 22.2 Å². The molecule has 2 atom stereocenters. The van der Waals surface area contributed by atoms with E-state index in [-0.39, 0.29) is 17.4 Å². The lowest BCUT2D eigenvalue weighted by Gasteiger charge is -2.25. The molecule has 2 aromatic carbocycles. The Hall–Kier alpha value is -3.65. The fourth-order valence-corrected chi connectivity index (χ4v) is 5.60. The first kappa shape index (κ1) is 26.0. The molecule has 2 saturated carbocycles. The molecular formula is C29H32ClN5O3. The van der Waals surface area contributed by atoms with E-state index in [1.165, 1.54) is 6.20 Å². The van der Waals surface area contributed by atoms with Crippen molar-refractivity contribution in [2.75, 3.05) is 13.7 Å². The molecular weight excluding hydrogens is 502 g/mol. The van der Waals surface area contributed by atoms with Crippen LogP contribution in [0.4, 0.5) is 0 Å². The third-order valence-electron chi connectivity index (χ3n) is 7.49. The molecule has 1 heterocycles. The van der Waals surface area contributed by atoms with Crippen LogP contribution in [0.2, 0.25) is 0 Å². The number of alkyl halides is 1. The van der Waals surface area contributed by atoms with Crippen LogP contribution in [0.1, 0.15) is 54.1 Å². The van der Waals surface area contributed by atoms with Crippen LogP contribution in [0, 0.1) is 11.8 Å². The number of carboxylic acid groups (broad SMARTS) is 1. The first-order valence-electron chi connectivity index (χ1n) is 13.0. The maximum atomic E-state index is 12.0. The highest BCUT2D eigenvalue weighted by Crippen LogP contribution is 2.49. The minimum atomic E-state index is -1.01. The van der Waals surface area contributed by atoms with Gasteiger partial charge in [0.05, 0.1) is 29.9 Å². The summed E-state index contributed by atoms with van der Waals surface area (Å²) in [4.78, 5) is 16.1. The van der Waals surface area contributed by atoms with E-state index in [0.29, 0.717) is 29.3 Å². The van der Waals surface area contributed by atoms with E-state index in [2.05, 4.69) is 15.2 Å². The van der Waals surface area contributed by atoms with Gasteiger partial charge >= 0.3 is 5.97 Å². The van der Waals surface area contributed by atoms with Crippen molar-refractivity contribution >= 4 is 29.5 Å². The molecule has 0 radical (unpaired) electrons. The summed E-state index contributed by atoms with van der Waals surface area (Å²) in [5.74, 6) is 5.89. The van der Waals surface area contributed by atoms with Gasteiger partial charge in [0.25, 0.3) is 0 Å². The number of ether oxygens (including phenoxy) is 1. The maximum absolute atomic E-state index is 12.0. The Bertz CT molecular complexity index is 1360. The molecule has 2 aliphatic rings. The Morgan fingerprint density at radius 1 is 1.18 bits per heavy atom. The van der Waals surface area contributed by atoms with Gasteiger partial charge in [0, 0.05) is 30.5 Å². The highest BCUT2D eigenvalue weighted by atomic mass is 35.5. The second-order valence-corrected chi connectivity index (χ2v) is 10.7. The van der Waals surface area contributed by atoms with E-state index >= 15 is 0 Å². The van der Waals surface area contributed by atoms with Crippen LogP contribution in [0.5, 0.6) is 5.75 Å². The summed E-state index contributed by atoms with van der Waals surface area (Å²) in [6.45, 7) is 0.696. The molecule has 3 aromatic rings. The zero-order chi connectivity index (χ0) is 26.6. The van der Waals surface area contributed by atoms with Crippen molar-refractivity contribution in [3.63, 3.8) is 0 Å². The summed E-state index contributed by atoms with van der Waals surface area (Å²) < 4.78 is 7.88. The lowest BCUT2D eigenvalue weighted by atomic mass is 9.89. The number of aromatic nitrogens is 2. The normalized spacial score (nSPS) is 23.5. The number of carbonyl (C=O) groups is 1.